The van der Waals surface area contributed by atoms with Gasteiger partial charge < -0.3 is 4.90 Å². The van der Waals surface area contributed by atoms with Crippen molar-refractivity contribution in [3.63, 3.8) is 0 Å². The van der Waals surface area contributed by atoms with Crippen molar-refractivity contribution in [2.24, 2.45) is 0 Å². The van der Waals surface area contributed by atoms with Gasteiger partial charge in [0.25, 0.3) is 0 Å². The van der Waals surface area contributed by atoms with E-state index in [2.05, 4.69) is 36.9 Å². The van der Waals surface area contributed by atoms with Gasteiger partial charge in [0, 0.05) is 31.9 Å². The van der Waals surface area contributed by atoms with Crippen LogP contribution in [0.15, 0.2) is 41.3 Å². The van der Waals surface area contributed by atoms with Crippen LogP contribution in [0.3, 0.4) is 0 Å². The number of nitrogens with zero attached hydrogens (tertiary/aromatic N) is 2. The summed E-state index contributed by atoms with van der Waals surface area (Å²) in [5, 5.41) is 0. The van der Waals surface area contributed by atoms with E-state index < -0.39 is 10.0 Å². The van der Waals surface area contributed by atoms with Crippen LogP contribution in [-0.4, -0.2) is 38.9 Å². The predicted octanol–water partition coefficient (Wildman–Crippen LogP) is 3.43. The summed E-state index contributed by atoms with van der Waals surface area (Å²) in [6.45, 7) is 10.6. The molecule has 4 nitrogen and oxygen atoms in total. The molecular weight excluding hydrogens is 332 g/mol. The normalized spacial score (nSPS) is 16.2. The van der Waals surface area contributed by atoms with E-state index in [0.29, 0.717) is 18.0 Å². The van der Waals surface area contributed by atoms with Crippen molar-refractivity contribution in [1.29, 1.82) is 0 Å². The first-order chi connectivity index (χ1) is 11.8. The number of benzene rings is 2. The zero-order valence-corrected chi connectivity index (χ0v) is 16.2. The van der Waals surface area contributed by atoms with Gasteiger partial charge in [-0.05, 0) is 62.1 Å². The molecule has 0 amide bonds. The van der Waals surface area contributed by atoms with E-state index in [9.17, 15) is 8.42 Å². The van der Waals surface area contributed by atoms with Crippen LogP contribution >= 0.6 is 0 Å². The Kier molecular flexibility index (Phi) is 4.89. The highest BCUT2D eigenvalue weighted by Crippen LogP contribution is 2.27. The van der Waals surface area contributed by atoms with E-state index in [1.54, 1.807) is 16.4 Å². The smallest absolute Gasteiger partial charge is 0.243 e. The number of anilines is 1. The highest BCUT2D eigenvalue weighted by Gasteiger charge is 2.29. The van der Waals surface area contributed by atoms with Crippen molar-refractivity contribution < 1.29 is 8.42 Å². The third kappa shape index (κ3) is 3.44. The molecule has 0 radical (unpaired) electrons. The minimum Gasteiger partial charge on any atom is -0.368 e. The van der Waals surface area contributed by atoms with Crippen molar-refractivity contribution >= 4 is 15.7 Å². The molecule has 3 rings (SSSR count). The Bertz CT molecular complexity index is 862. The lowest BCUT2D eigenvalue weighted by molar-refractivity contribution is 0.384. The summed E-state index contributed by atoms with van der Waals surface area (Å²) >= 11 is 0. The van der Waals surface area contributed by atoms with Gasteiger partial charge in [-0.1, -0.05) is 24.3 Å². The van der Waals surface area contributed by atoms with Gasteiger partial charge in [-0.2, -0.15) is 4.31 Å². The van der Waals surface area contributed by atoms with Crippen molar-refractivity contribution in [2.75, 3.05) is 31.1 Å². The fraction of sp³-hybridized carbons (Fsp3) is 0.400. The average molecular weight is 359 g/mol. The number of rotatable bonds is 3. The highest BCUT2D eigenvalue weighted by atomic mass is 32.2. The highest BCUT2D eigenvalue weighted by molar-refractivity contribution is 7.89. The lowest BCUT2D eigenvalue weighted by Gasteiger charge is -2.37. The molecule has 0 saturated carbocycles. The number of para-hydroxylation sites is 1. The Morgan fingerprint density at radius 3 is 1.92 bits per heavy atom. The summed E-state index contributed by atoms with van der Waals surface area (Å²) < 4.78 is 27.5. The average Bonchev–Trinajstić information content (AvgIpc) is 2.57. The molecular formula is C20H26N2O2S. The van der Waals surface area contributed by atoms with E-state index in [1.165, 1.54) is 16.8 Å². The molecule has 2 aromatic carbocycles. The molecule has 0 atom stereocenters. The maximum absolute atomic E-state index is 12.9. The van der Waals surface area contributed by atoms with E-state index in [0.717, 1.165) is 24.2 Å². The molecule has 1 heterocycles. The van der Waals surface area contributed by atoms with Crippen molar-refractivity contribution in [3.05, 3.63) is 58.7 Å². The second-order valence-electron chi connectivity index (χ2n) is 6.88. The third-order valence-corrected chi connectivity index (χ3v) is 7.01. The van der Waals surface area contributed by atoms with Crippen molar-refractivity contribution in [2.45, 2.75) is 32.6 Å². The Labute approximate surface area is 151 Å². The van der Waals surface area contributed by atoms with Crippen LogP contribution in [0.1, 0.15) is 22.3 Å². The molecule has 0 bridgehead atoms. The van der Waals surface area contributed by atoms with Gasteiger partial charge in [-0.3, -0.25) is 0 Å². The Hall–Kier alpha value is -1.85. The first-order valence-corrected chi connectivity index (χ1v) is 10.1. The van der Waals surface area contributed by atoms with Gasteiger partial charge >= 0.3 is 0 Å². The lowest BCUT2D eigenvalue weighted by Crippen LogP contribution is -2.49. The quantitative estimate of drug-likeness (QED) is 0.844. The summed E-state index contributed by atoms with van der Waals surface area (Å²) in [5.41, 5.74) is 5.84. The zero-order valence-electron chi connectivity index (χ0n) is 15.4. The lowest BCUT2D eigenvalue weighted by atomic mass is 10.1. The molecule has 0 spiro atoms. The molecule has 1 aliphatic rings. The number of aryl methyl sites for hydroxylation is 4. The molecule has 0 N–H and O–H groups in total. The van der Waals surface area contributed by atoms with E-state index in [4.69, 9.17) is 0 Å². The van der Waals surface area contributed by atoms with Gasteiger partial charge in [0.1, 0.15) is 0 Å². The summed E-state index contributed by atoms with van der Waals surface area (Å²) in [6, 6.07) is 11.7. The van der Waals surface area contributed by atoms with Crippen molar-refractivity contribution in [3.8, 4) is 0 Å². The maximum atomic E-state index is 12.9. The molecule has 1 fully saturated rings. The van der Waals surface area contributed by atoms with Crippen LogP contribution in [-0.2, 0) is 10.0 Å². The SMILES string of the molecule is Cc1ccc(S(=O)(=O)N2CCN(c3c(C)cccc3C)CC2)cc1C. The van der Waals surface area contributed by atoms with Gasteiger partial charge in [0.05, 0.1) is 4.90 Å². The standard InChI is InChI=1S/C20H26N2O2S/c1-15-8-9-19(14-18(15)4)25(23,24)22-12-10-21(11-13-22)20-16(2)6-5-7-17(20)3/h5-9,14H,10-13H2,1-4H3. The summed E-state index contributed by atoms with van der Waals surface area (Å²) in [7, 11) is -3.42. The fourth-order valence-electron chi connectivity index (χ4n) is 3.48. The molecule has 2 aromatic rings. The molecule has 1 aliphatic heterocycles. The summed E-state index contributed by atoms with van der Waals surface area (Å²) in [6.07, 6.45) is 0. The van der Waals surface area contributed by atoms with Crippen LogP contribution in [0.4, 0.5) is 5.69 Å². The summed E-state index contributed by atoms with van der Waals surface area (Å²) in [5.74, 6) is 0. The fourth-order valence-corrected chi connectivity index (χ4v) is 4.99. The van der Waals surface area contributed by atoms with Gasteiger partial charge in [0.15, 0.2) is 0 Å². The Morgan fingerprint density at radius 1 is 0.760 bits per heavy atom. The van der Waals surface area contributed by atoms with Crippen LogP contribution < -0.4 is 4.90 Å². The monoisotopic (exact) mass is 358 g/mol. The molecule has 25 heavy (non-hydrogen) atoms. The number of hydrogen-bond acceptors (Lipinski definition) is 3. The second kappa shape index (κ2) is 6.81. The van der Waals surface area contributed by atoms with Crippen LogP contribution in [0, 0.1) is 27.7 Å². The van der Waals surface area contributed by atoms with Crippen molar-refractivity contribution in [1.82, 2.24) is 4.31 Å². The predicted molar refractivity (Wildman–Crippen MR) is 103 cm³/mol. The molecule has 1 saturated heterocycles. The Balaban J connectivity index is 1.78. The van der Waals surface area contributed by atoms with Crippen LogP contribution in [0.5, 0.6) is 0 Å². The van der Waals surface area contributed by atoms with E-state index in [-0.39, 0.29) is 0 Å². The van der Waals surface area contributed by atoms with Crippen LogP contribution in [0.25, 0.3) is 0 Å². The van der Waals surface area contributed by atoms with E-state index >= 15 is 0 Å². The second-order valence-corrected chi connectivity index (χ2v) is 8.82. The molecule has 0 unspecified atom stereocenters. The molecule has 5 heteroatoms. The topological polar surface area (TPSA) is 40.6 Å². The number of sulfonamides is 1. The largest absolute Gasteiger partial charge is 0.368 e. The minimum atomic E-state index is -3.42. The minimum absolute atomic E-state index is 0.399. The molecule has 134 valence electrons. The summed E-state index contributed by atoms with van der Waals surface area (Å²) in [4.78, 5) is 2.70. The number of piperazine rings is 1. The molecule has 0 aliphatic carbocycles. The third-order valence-electron chi connectivity index (χ3n) is 5.11. The van der Waals surface area contributed by atoms with Gasteiger partial charge in [-0.15, -0.1) is 0 Å². The van der Waals surface area contributed by atoms with Crippen LogP contribution in [0.2, 0.25) is 0 Å². The molecule has 0 aromatic heterocycles. The maximum Gasteiger partial charge on any atom is 0.243 e. The van der Waals surface area contributed by atoms with E-state index in [1.807, 2.05) is 19.9 Å². The first-order valence-electron chi connectivity index (χ1n) is 8.69. The number of hydrogen-bond donors (Lipinski definition) is 0. The zero-order chi connectivity index (χ0) is 18.2. The first kappa shape index (κ1) is 18.0. The van der Waals surface area contributed by atoms with Gasteiger partial charge in [-0.25, -0.2) is 8.42 Å². The Morgan fingerprint density at radius 2 is 1.36 bits per heavy atom. The van der Waals surface area contributed by atoms with Gasteiger partial charge in [0.2, 0.25) is 10.0 Å².